The molecule has 3 nitrogen and oxygen atoms in total. The summed E-state index contributed by atoms with van der Waals surface area (Å²) in [7, 11) is -3.41. The lowest BCUT2D eigenvalue weighted by Gasteiger charge is -2.27. The highest BCUT2D eigenvalue weighted by Crippen LogP contribution is 2.38. The summed E-state index contributed by atoms with van der Waals surface area (Å²) in [5, 5.41) is 2.02. The summed E-state index contributed by atoms with van der Waals surface area (Å²) in [5.74, 6) is 0. The van der Waals surface area contributed by atoms with Gasteiger partial charge in [0.15, 0.2) is 0 Å². The van der Waals surface area contributed by atoms with Gasteiger partial charge in [0.1, 0.15) is 4.21 Å². The van der Waals surface area contributed by atoms with E-state index in [0.717, 1.165) is 34.3 Å². The molecule has 0 unspecified atom stereocenters. The molecular weight excluding hydrogens is 390 g/mol. The molecule has 0 amide bonds. The Kier molecular flexibility index (Phi) is 4.85. The summed E-state index contributed by atoms with van der Waals surface area (Å²) in [4.78, 5) is 1.15. The summed E-state index contributed by atoms with van der Waals surface area (Å²) in [5.41, 5.74) is 0. The molecule has 0 aliphatic carbocycles. The summed E-state index contributed by atoms with van der Waals surface area (Å²) < 4.78 is 28.9. The topological polar surface area (TPSA) is 37.4 Å². The third kappa shape index (κ3) is 3.27. The van der Waals surface area contributed by atoms with Gasteiger partial charge in [-0.2, -0.15) is 4.31 Å². The van der Waals surface area contributed by atoms with E-state index in [-0.39, 0.29) is 6.04 Å². The zero-order valence-corrected chi connectivity index (χ0v) is 15.4. The molecular formula is C14H16BrNO2S3. The van der Waals surface area contributed by atoms with Gasteiger partial charge in [0, 0.05) is 11.4 Å². The number of hydrogen-bond acceptors (Lipinski definition) is 4. The smallest absolute Gasteiger partial charge is 0.206 e. The van der Waals surface area contributed by atoms with Crippen LogP contribution in [0.3, 0.4) is 0 Å². The lowest BCUT2D eigenvalue weighted by Crippen LogP contribution is -2.34. The average molecular weight is 406 g/mol. The maximum Gasteiger partial charge on any atom is 0.253 e. The predicted molar refractivity (Wildman–Crippen MR) is 91.4 cm³/mol. The highest BCUT2D eigenvalue weighted by Gasteiger charge is 2.34. The maximum absolute atomic E-state index is 13.0. The van der Waals surface area contributed by atoms with Crippen molar-refractivity contribution >= 4 is 48.6 Å². The number of nitrogens with zero attached hydrogens (tertiary/aromatic N) is 1. The lowest BCUT2D eigenvalue weighted by molar-refractivity contribution is 0.334. The quantitative estimate of drug-likeness (QED) is 0.729. The van der Waals surface area contributed by atoms with Crippen LogP contribution in [0.25, 0.3) is 0 Å². The Morgan fingerprint density at radius 3 is 2.71 bits per heavy atom. The van der Waals surface area contributed by atoms with E-state index in [1.54, 1.807) is 27.8 Å². The molecule has 21 heavy (non-hydrogen) atoms. The van der Waals surface area contributed by atoms with Crippen LogP contribution in [-0.4, -0.2) is 19.3 Å². The van der Waals surface area contributed by atoms with Crippen molar-refractivity contribution in [1.29, 1.82) is 0 Å². The SMILES string of the molecule is O=S(=O)(c1ccc(Br)s1)N1CCCCC[C@H]1c1cccs1. The maximum atomic E-state index is 13.0. The fraction of sp³-hybridized carbons (Fsp3) is 0.429. The number of rotatable bonds is 3. The molecule has 7 heteroatoms. The predicted octanol–water partition coefficient (Wildman–Crippen LogP) is 4.88. The fourth-order valence-electron chi connectivity index (χ4n) is 2.69. The van der Waals surface area contributed by atoms with Crippen LogP contribution in [0.15, 0.2) is 37.6 Å². The summed E-state index contributed by atoms with van der Waals surface area (Å²) in [6, 6.07) is 7.53. The van der Waals surface area contributed by atoms with E-state index in [4.69, 9.17) is 0 Å². The summed E-state index contributed by atoms with van der Waals surface area (Å²) >= 11 is 6.29. The Morgan fingerprint density at radius 1 is 1.19 bits per heavy atom. The van der Waals surface area contributed by atoms with Crippen LogP contribution in [0.4, 0.5) is 0 Å². The molecule has 1 aliphatic rings. The number of hydrogen-bond donors (Lipinski definition) is 0. The van der Waals surface area contributed by atoms with Crippen molar-refractivity contribution < 1.29 is 8.42 Å². The van der Waals surface area contributed by atoms with Crippen molar-refractivity contribution in [3.05, 3.63) is 38.3 Å². The van der Waals surface area contributed by atoms with Crippen LogP contribution in [0.1, 0.15) is 36.6 Å². The van der Waals surface area contributed by atoms with Gasteiger partial charge in [-0.15, -0.1) is 22.7 Å². The Bertz CT molecular complexity index is 694. The second-order valence-electron chi connectivity index (χ2n) is 5.05. The molecule has 2 aromatic rings. The molecule has 1 aliphatic heterocycles. The van der Waals surface area contributed by atoms with Crippen LogP contribution >= 0.6 is 38.6 Å². The molecule has 1 saturated heterocycles. The molecule has 1 fully saturated rings. The second-order valence-corrected chi connectivity index (χ2v) is 10.6. The first kappa shape index (κ1) is 15.7. The van der Waals surface area contributed by atoms with Gasteiger partial charge in [-0.1, -0.05) is 18.9 Å². The van der Waals surface area contributed by atoms with E-state index < -0.39 is 10.0 Å². The molecule has 2 aromatic heterocycles. The zero-order chi connectivity index (χ0) is 14.9. The van der Waals surface area contributed by atoms with Crippen LogP contribution in [-0.2, 0) is 10.0 Å². The monoisotopic (exact) mass is 405 g/mol. The Hall–Kier alpha value is -0.210. The standard InChI is InChI=1S/C14H16BrNO2S3/c15-13-7-8-14(20-13)21(17,18)16-9-3-1-2-5-11(16)12-6-4-10-19-12/h4,6-8,10-11H,1-3,5,9H2/t11-/m0/s1. The van der Waals surface area contributed by atoms with Crippen LogP contribution in [0.5, 0.6) is 0 Å². The molecule has 0 N–H and O–H groups in total. The number of sulfonamides is 1. The Labute approximate surface area is 141 Å². The first-order valence-corrected chi connectivity index (χ1v) is 10.8. The van der Waals surface area contributed by atoms with Gasteiger partial charge >= 0.3 is 0 Å². The Morgan fingerprint density at radius 2 is 2.05 bits per heavy atom. The van der Waals surface area contributed by atoms with E-state index in [1.807, 2.05) is 17.5 Å². The molecule has 0 saturated carbocycles. The van der Waals surface area contributed by atoms with Gasteiger partial charge < -0.3 is 0 Å². The molecule has 0 spiro atoms. The van der Waals surface area contributed by atoms with Crippen molar-refractivity contribution in [1.82, 2.24) is 4.31 Å². The molecule has 0 radical (unpaired) electrons. The number of thiophene rings is 2. The van der Waals surface area contributed by atoms with Crippen LogP contribution in [0.2, 0.25) is 0 Å². The Balaban J connectivity index is 1.99. The highest BCUT2D eigenvalue weighted by molar-refractivity contribution is 9.11. The van der Waals surface area contributed by atoms with Crippen molar-refractivity contribution in [2.75, 3.05) is 6.54 Å². The number of halogens is 1. The van der Waals surface area contributed by atoms with E-state index in [0.29, 0.717) is 10.8 Å². The molecule has 3 heterocycles. The second kappa shape index (κ2) is 6.50. The molecule has 1 atom stereocenters. The van der Waals surface area contributed by atoms with Crippen LogP contribution in [0, 0.1) is 0 Å². The van der Waals surface area contributed by atoms with Crippen LogP contribution < -0.4 is 0 Å². The van der Waals surface area contributed by atoms with E-state index in [9.17, 15) is 8.42 Å². The molecule has 0 bridgehead atoms. The van der Waals surface area contributed by atoms with E-state index in [1.165, 1.54) is 11.3 Å². The van der Waals surface area contributed by atoms with Gasteiger partial charge in [0.25, 0.3) is 10.0 Å². The van der Waals surface area contributed by atoms with Gasteiger partial charge in [-0.3, -0.25) is 0 Å². The minimum absolute atomic E-state index is 0.0154. The minimum Gasteiger partial charge on any atom is -0.206 e. The first-order chi connectivity index (χ1) is 10.1. The average Bonchev–Trinajstić information content (AvgIpc) is 3.06. The van der Waals surface area contributed by atoms with Crippen molar-refractivity contribution in [3.63, 3.8) is 0 Å². The lowest BCUT2D eigenvalue weighted by atomic mass is 10.1. The highest BCUT2D eigenvalue weighted by atomic mass is 79.9. The third-order valence-corrected chi connectivity index (χ3v) is 8.66. The van der Waals surface area contributed by atoms with E-state index in [2.05, 4.69) is 15.9 Å². The van der Waals surface area contributed by atoms with Gasteiger partial charge in [-0.05, 0) is 52.4 Å². The van der Waals surface area contributed by atoms with Gasteiger partial charge in [0.2, 0.25) is 0 Å². The summed E-state index contributed by atoms with van der Waals surface area (Å²) in [6.45, 7) is 0.612. The minimum atomic E-state index is -3.41. The molecule has 3 rings (SSSR count). The fourth-order valence-corrected chi connectivity index (χ4v) is 7.44. The molecule has 114 valence electrons. The normalized spacial score (nSPS) is 21.3. The first-order valence-electron chi connectivity index (χ1n) is 6.89. The van der Waals surface area contributed by atoms with Gasteiger partial charge in [-0.25, -0.2) is 8.42 Å². The largest absolute Gasteiger partial charge is 0.253 e. The van der Waals surface area contributed by atoms with Crippen molar-refractivity contribution in [2.45, 2.75) is 35.9 Å². The summed E-state index contributed by atoms with van der Waals surface area (Å²) in [6.07, 6.45) is 4.03. The van der Waals surface area contributed by atoms with Crippen molar-refractivity contribution in [3.8, 4) is 0 Å². The van der Waals surface area contributed by atoms with E-state index >= 15 is 0 Å². The van der Waals surface area contributed by atoms with Gasteiger partial charge in [0.05, 0.1) is 9.83 Å². The third-order valence-electron chi connectivity index (χ3n) is 3.69. The van der Waals surface area contributed by atoms with Crippen molar-refractivity contribution in [2.24, 2.45) is 0 Å². The zero-order valence-electron chi connectivity index (χ0n) is 11.4. The molecule has 0 aromatic carbocycles.